The normalized spacial score (nSPS) is 16.9. The van der Waals surface area contributed by atoms with Crippen molar-refractivity contribution >= 4 is 17.2 Å². The van der Waals surface area contributed by atoms with E-state index in [9.17, 15) is 9.90 Å². The summed E-state index contributed by atoms with van der Waals surface area (Å²) in [6, 6.07) is 3.53. The van der Waals surface area contributed by atoms with E-state index in [1.54, 1.807) is 6.07 Å². The van der Waals surface area contributed by atoms with Gasteiger partial charge in [0, 0.05) is 19.3 Å². The first-order chi connectivity index (χ1) is 9.69. The smallest absolute Gasteiger partial charge is 0.229 e. The zero-order chi connectivity index (χ0) is 14.1. The van der Waals surface area contributed by atoms with Gasteiger partial charge in [-0.25, -0.2) is 0 Å². The molecule has 0 aliphatic carbocycles. The van der Waals surface area contributed by atoms with Crippen LogP contribution in [0.2, 0.25) is 0 Å². The number of nitrogens with one attached hydrogen (secondary N) is 1. The van der Waals surface area contributed by atoms with E-state index >= 15 is 0 Å². The van der Waals surface area contributed by atoms with Crippen LogP contribution < -0.4 is 5.32 Å². The van der Waals surface area contributed by atoms with Crippen LogP contribution in [0.5, 0.6) is 5.75 Å². The van der Waals surface area contributed by atoms with Crippen molar-refractivity contribution in [3.8, 4) is 5.75 Å². The van der Waals surface area contributed by atoms with Crippen molar-refractivity contribution in [3.63, 3.8) is 0 Å². The van der Waals surface area contributed by atoms with Crippen molar-refractivity contribution in [2.75, 3.05) is 18.4 Å². The summed E-state index contributed by atoms with van der Waals surface area (Å²) >= 11 is 0. The number of rotatable bonds is 3. The van der Waals surface area contributed by atoms with Crippen LogP contribution >= 0.6 is 0 Å². The second kappa shape index (κ2) is 5.04. The van der Waals surface area contributed by atoms with E-state index in [4.69, 9.17) is 0 Å². The fourth-order valence-electron chi connectivity index (χ4n) is 2.78. The third-order valence-electron chi connectivity index (χ3n) is 3.67. The van der Waals surface area contributed by atoms with Gasteiger partial charge < -0.3 is 15.3 Å². The lowest BCUT2D eigenvalue weighted by Crippen LogP contribution is -2.20. The van der Waals surface area contributed by atoms with Crippen LogP contribution in [0.15, 0.2) is 30.5 Å². The summed E-state index contributed by atoms with van der Waals surface area (Å²) < 4.78 is 0. The maximum absolute atomic E-state index is 11.6. The van der Waals surface area contributed by atoms with Gasteiger partial charge in [-0.3, -0.25) is 4.79 Å². The molecule has 2 N–H and O–H groups in total. The quantitative estimate of drug-likeness (QED) is 0.830. The Kier molecular flexibility index (Phi) is 3.22. The fourth-order valence-corrected chi connectivity index (χ4v) is 2.78. The molecule has 1 amide bonds. The number of fused-ring (bicyclic) bond motifs is 1. The lowest BCUT2D eigenvalue weighted by Gasteiger charge is -2.23. The van der Waals surface area contributed by atoms with Gasteiger partial charge in [-0.15, -0.1) is 0 Å². The summed E-state index contributed by atoms with van der Waals surface area (Å²) in [6.45, 7) is 4.10. The van der Waals surface area contributed by atoms with E-state index in [-0.39, 0.29) is 11.7 Å². The molecule has 2 heterocycles. The van der Waals surface area contributed by atoms with E-state index in [0.29, 0.717) is 12.1 Å². The number of benzene rings is 1. The number of amides is 1. The zero-order valence-electron chi connectivity index (χ0n) is 11.5. The van der Waals surface area contributed by atoms with Crippen molar-refractivity contribution in [3.05, 3.63) is 41.6 Å². The topological polar surface area (TPSA) is 52.6 Å². The van der Waals surface area contributed by atoms with Crippen LogP contribution in [-0.2, 0) is 11.2 Å². The molecule has 0 unspecified atom stereocenters. The summed E-state index contributed by atoms with van der Waals surface area (Å²) in [4.78, 5) is 13.8. The van der Waals surface area contributed by atoms with Crippen LogP contribution in [0, 0.1) is 0 Å². The number of hydrogen-bond acceptors (Lipinski definition) is 3. The molecule has 0 bridgehead atoms. The van der Waals surface area contributed by atoms with Crippen molar-refractivity contribution in [2.45, 2.75) is 19.8 Å². The molecule has 2 aliphatic rings. The molecular weight excluding hydrogens is 252 g/mol. The van der Waals surface area contributed by atoms with E-state index in [1.807, 2.05) is 6.07 Å². The Hall–Kier alpha value is -2.23. The predicted molar refractivity (Wildman–Crippen MR) is 79.4 cm³/mol. The number of hydrogen-bond donors (Lipinski definition) is 2. The molecule has 1 aromatic rings. The number of phenols is 1. The number of phenolic OH excluding ortho intramolecular Hbond substituents is 1. The highest BCUT2D eigenvalue weighted by Gasteiger charge is 2.25. The molecule has 0 spiro atoms. The van der Waals surface area contributed by atoms with E-state index in [0.717, 1.165) is 36.2 Å². The highest BCUT2D eigenvalue weighted by Crippen LogP contribution is 2.38. The fraction of sp³-hybridized carbons (Fsp3) is 0.312. The SMILES string of the molecule is CCCN1C=C(c2ccc(O)c3c2CC(=O)N3)C=CC1. The summed E-state index contributed by atoms with van der Waals surface area (Å²) in [5.41, 5.74) is 3.57. The predicted octanol–water partition coefficient (Wildman–Crippen LogP) is 2.51. The summed E-state index contributed by atoms with van der Waals surface area (Å²) in [7, 11) is 0. The molecule has 0 atom stereocenters. The largest absolute Gasteiger partial charge is 0.506 e. The molecule has 0 radical (unpaired) electrons. The molecule has 4 heteroatoms. The van der Waals surface area contributed by atoms with Crippen molar-refractivity contribution in [1.82, 2.24) is 4.90 Å². The van der Waals surface area contributed by atoms with Gasteiger partial charge in [0.15, 0.2) is 0 Å². The van der Waals surface area contributed by atoms with Gasteiger partial charge in [-0.05, 0) is 29.2 Å². The molecule has 2 aliphatic heterocycles. The second-order valence-electron chi connectivity index (χ2n) is 5.19. The van der Waals surface area contributed by atoms with Crippen molar-refractivity contribution in [1.29, 1.82) is 0 Å². The van der Waals surface area contributed by atoms with Crippen LogP contribution in [0.4, 0.5) is 5.69 Å². The molecule has 4 nitrogen and oxygen atoms in total. The Bertz CT molecular complexity index is 617. The summed E-state index contributed by atoms with van der Waals surface area (Å²) in [6.07, 6.45) is 7.79. The Balaban J connectivity index is 2.01. The molecule has 0 aromatic heterocycles. The minimum Gasteiger partial charge on any atom is -0.506 e. The van der Waals surface area contributed by atoms with Crippen LogP contribution in [0.1, 0.15) is 24.5 Å². The van der Waals surface area contributed by atoms with Gasteiger partial charge >= 0.3 is 0 Å². The lowest BCUT2D eigenvalue weighted by molar-refractivity contribution is -0.115. The first kappa shape index (κ1) is 12.8. The van der Waals surface area contributed by atoms with Crippen LogP contribution in [-0.4, -0.2) is 29.0 Å². The number of allylic oxidation sites excluding steroid dienone is 2. The number of nitrogens with zero attached hydrogens (tertiary/aromatic N) is 1. The van der Waals surface area contributed by atoms with Gasteiger partial charge in [0.1, 0.15) is 5.75 Å². The summed E-state index contributed by atoms with van der Waals surface area (Å²) in [5, 5.41) is 12.6. The minimum atomic E-state index is -0.0615. The van der Waals surface area contributed by atoms with Gasteiger partial charge in [0.2, 0.25) is 5.91 Å². The lowest BCUT2D eigenvalue weighted by atomic mass is 9.96. The Labute approximate surface area is 118 Å². The van der Waals surface area contributed by atoms with Gasteiger partial charge in [0.25, 0.3) is 0 Å². The Morgan fingerprint density at radius 2 is 2.25 bits per heavy atom. The number of aromatic hydroxyl groups is 1. The average molecular weight is 270 g/mol. The van der Waals surface area contributed by atoms with Crippen LogP contribution in [0.3, 0.4) is 0 Å². The van der Waals surface area contributed by atoms with Gasteiger partial charge in [-0.2, -0.15) is 0 Å². The third-order valence-corrected chi connectivity index (χ3v) is 3.67. The van der Waals surface area contributed by atoms with Gasteiger partial charge in [-0.1, -0.05) is 25.1 Å². The highest BCUT2D eigenvalue weighted by atomic mass is 16.3. The van der Waals surface area contributed by atoms with Crippen molar-refractivity contribution in [2.24, 2.45) is 0 Å². The molecule has 0 fully saturated rings. The maximum Gasteiger partial charge on any atom is 0.229 e. The Morgan fingerprint density at radius 1 is 1.40 bits per heavy atom. The van der Waals surface area contributed by atoms with Crippen LogP contribution in [0.25, 0.3) is 5.57 Å². The number of carbonyl (C=O) groups excluding carboxylic acids is 1. The molecular formula is C16H18N2O2. The van der Waals surface area contributed by atoms with Crippen molar-refractivity contribution < 1.29 is 9.90 Å². The molecule has 104 valence electrons. The average Bonchev–Trinajstić information content (AvgIpc) is 2.82. The second-order valence-corrected chi connectivity index (χ2v) is 5.19. The molecule has 1 aromatic carbocycles. The number of carbonyl (C=O) groups is 1. The number of anilines is 1. The summed E-state index contributed by atoms with van der Waals surface area (Å²) in [5.74, 6) is 0.0777. The van der Waals surface area contributed by atoms with E-state index in [2.05, 4.69) is 35.5 Å². The third kappa shape index (κ3) is 2.18. The zero-order valence-corrected chi connectivity index (χ0v) is 11.5. The first-order valence-electron chi connectivity index (χ1n) is 6.96. The van der Waals surface area contributed by atoms with Gasteiger partial charge in [0.05, 0.1) is 12.1 Å². The Morgan fingerprint density at radius 3 is 3.05 bits per heavy atom. The highest BCUT2D eigenvalue weighted by molar-refractivity contribution is 6.03. The monoisotopic (exact) mass is 270 g/mol. The minimum absolute atomic E-state index is 0.0615. The van der Waals surface area contributed by atoms with E-state index < -0.39 is 0 Å². The first-order valence-corrected chi connectivity index (χ1v) is 6.96. The maximum atomic E-state index is 11.6. The molecule has 20 heavy (non-hydrogen) atoms. The molecule has 3 rings (SSSR count). The molecule has 0 saturated heterocycles. The molecule has 0 saturated carbocycles. The standard InChI is InChI=1S/C16H18N2O2/c1-2-7-18-8-3-4-11(10-18)12-5-6-14(19)16-13(12)9-15(20)17-16/h3-6,10,19H,2,7-9H2,1H3,(H,17,20). The van der Waals surface area contributed by atoms with E-state index in [1.165, 1.54) is 0 Å².